The van der Waals surface area contributed by atoms with Gasteiger partial charge >= 0.3 is 6.18 Å². The molecule has 1 aliphatic heterocycles. The van der Waals surface area contributed by atoms with E-state index in [0.717, 1.165) is 12.5 Å². The summed E-state index contributed by atoms with van der Waals surface area (Å²) in [6.45, 7) is 1.05. The Labute approximate surface area is 98.0 Å². The van der Waals surface area contributed by atoms with Crippen LogP contribution in [0.15, 0.2) is 18.2 Å². The van der Waals surface area contributed by atoms with Crippen molar-refractivity contribution >= 4 is 5.69 Å². The van der Waals surface area contributed by atoms with E-state index >= 15 is 0 Å². The van der Waals surface area contributed by atoms with Crippen LogP contribution in [0.2, 0.25) is 0 Å². The van der Waals surface area contributed by atoms with Gasteiger partial charge in [0.25, 0.3) is 0 Å². The molecule has 17 heavy (non-hydrogen) atoms. The zero-order valence-corrected chi connectivity index (χ0v) is 9.35. The summed E-state index contributed by atoms with van der Waals surface area (Å²) >= 11 is 0. The number of benzene rings is 1. The molecule has 0 radical (unpaired) electrons. The van der Waals surface area contributed by atoms with Gasteiger partial charge in [-0.3, -0.25) is 0 Å². The minimum atomic E-state index is -4.30. The van der Waals surface area contributed by atoms with Crippen LogP contribution in [0, 0.1) is 5.92 Å². The lowest BCUT2D eigenvalue weighted by atomic mass is 9.96. The molecule has 2 rings (SSSR count). The van der Waals surface area contributed by atoms with E-state index in [9.17, 15) is 13.2 Å². The Morgan fingerprint density at radius 2 is 2.12 bits per heavy atom. The second-order valence-corrected chi connectivity index (χ2v) is 4.36. The van der Waals surface area contributed by atoms with Gasteiger partial charge in [-0.1, -0.05) is 12.1 Å². The van der Waals surface area contributed by atoms with E-state index in [1.54, 1.807) is 6.07 Å². The van der Waals surface area contributed by atoms with Crippen LogP contribution in [0.5, 0.6) is 0 Å². The summed E-state index contributed by atoms with van der Waals surface area (Å²) in [5.41, 5.74) is 5.98. The SMILES string of the molecule is NCC1CCNc2c(cccc2C(F)(F)F)C1. The summed E-state index contributed by atoms with van der Waals surface area (Å²) in [7, 11) is 0. The van der Waals surface area contributed by atoms with Crippen LogP contribution in [0.25, 0.3) is 0 Å². The molecule has 2 nitrogen and oxygen atoms in total. The molecule has 94 valence electrons. The number of alkyl halides is 3. The summed E-state index contributed by atoms with van der Waals surface area (Å²) in [5.74, 6) is 0.257. The summed E-state index contributed by atoms with van der Waals surface area (Å²) in [5, 5.41) is 2.89. The minimum Gasteiger partial charge on any atom is -0.384 e. The van der Waals surface area contributed by atoms with Crippen molar-refractivity contribution in [3.8, 4) is 0 Å². The Bertz CT molecular complexity index is 401. The van der Waals surface area contributed by atoms with Crippen molar-refractivity contribution in [2.75, 3.05) is 18.4 Å². The number of nitrogens with two attached hydrogens (primary N) is 1. The van der Waals surface area contributed by atoms with Crippen LogP contribution >= 0.6 is 0 Å². The number of rotatable bonds is 1. The van der Waals surface area contributed by atoms with E-state index in [0.29, 0.717) is 25.1 Å². The Balaban J connectivity index is 2.41. The van der Waals surface area contributed by atoms with Crippen LogP contribution in [0.1, 0.15) is 17.5 Å². The number of nitrogens with one attached hydrogen (secondary N) is 1. The number of para-hydroxylation sites is 1. The third-order valence-electron chi connectivity index (χ3n) is 3.15. The van der Waals surface area contributed by atoms with E-state index in [1.165, 1.54) is 6.07 Å². The van der Waals surface area contributed by atoms with Gasteiger partial charge in [-0.2, -0.15) is 13.2 Å². The first-order chi connectivity index (χ1) is 8.02. The molecular weight excluding hydrogens is 229 g/mol. The van der Waals surface area contributed by atoms with Crippen LogP contribution in [-0.4, -0.2) is 13.1 Å². The third-order valence-corrected chi connectivity index (χ3v) is 3.15. The number of fused-ring (bicyclic) bond motifs is 1. The van der Waals surface area contributed by atoms with Crippen molar-refractivity contribution in [1.82, 2.24) is 0 Å². The molecule has 1 unspecified atom stereocenters. The van der Waals surface area contributed by atoms with Crippen molar-refractivity contribution in [2.24, 2.45) is 11.7 Å². The second kappa shape index (κ2) is 4.56. The van der Waals surface area contributed by atoms with Gasteiger partial charge in [0.2, 0.25) is 0 Å². The van der Waals surface area contributed by atoms with Gasteiger partial charge in [0.1, 0.15) is 0 Å². The first-order valence-corrected chi connectivity index (χ1v) is 5.65. The van der Waals surface area contributed by atoms with Crippen molar-refractivity contribution in [3.63, 3.8) is 0 Å². The number of hydrogen-bond acceptors (Lipinski definition) is 2. The van der Waals surface area contributed by atoms with Crippen LogP contribution < -0.4 is 11.1 Å². The summed E-state index contributed by atoms with van der Waals surface area (Å²) in [6, 6.07) is 4.32. The first kappa shape index (κ1) is 12.2. The lowest BCUT2D eigenvalue weighted by Crippen LogP contribution is -2.17. The molecule has 1 heterocycles. The molecule has 1 atom stereocenters. The smallest absolute Gasteiger partial charge is 0.384 e. The highest BCUT2D eigenvalue weighted by molar-refractivity contribution is 5.59. The van der Waals surface area contributed by atoms with Crippen LogP contribution in [-0.2, 0) is 12.6 Å². The Kier molecular flexibility index (Phi) is 3.28. The average molecular weight is 244 g/mol. The molecule has 0 bridgehead atoms. The Morgan fingerprint density at radius 1 is 1.35 bits per heavy atom. The fourth-order valence-electron chi connectivity index (χ4n) is 2.23. The Hall–Kier alpha value is -1.23. The normalized spacial score (nSPS) is 20.4. The van der Waals surface area contributed by atoms with Crippen LogP contribution in [0.3, 0.4) is 0 Å². The number of hydrogen-bond donors (Lipinski definition) is 2. The highest BCUT2D eigenvalue weighted by atomic mass is 19.4. The van der Waals surface area contributed by atoms with Crippen molar-refractivity contribution in [3.05, 3.63) is 29.3 Å². The van der Waals surface area contributed by atoms with E-state index in [1.807, 2.05) is 0 Å². The molecule has 0 aromatic heterocycles. The molecule has 5 heteroatoms. The van der Waals surface area contributed by atoms with Gasteiger partial charge in [0.05, 0.1) is 5.56 Å². The molecule has 0 aliphatic carbocycles. The van der Waals surface area contributed by atoms with Crippen molar-refractivity contribution in [2.45, 2.75) is 19.0 Å². The molecule has 1 aromatic rings. The summed E-state index contributed by atoms with van der Waals surface area (Å²) in [4.78, 5) is 0. The zero-order valence-electron chi connectivity index (χ0n) is 9.35. The largest absolute Gasteiger partial charge is 0.418 e. The second-order valence-electron chi connectivity index (χ2n) is 4.36. The minimum absolute atomic E-state index is 0.232. The Morgan fingerprint density at radius 3 is 2.76 bits per heavy atom. The molecular formula is C12H15F3N2. The van der Waals surface area contributed by atoms with Crippen molar-refractivity contribution < 1.29 is 13.2 Å². The maximum Gasteiger partial charge on any atom is 0.418 e. The molecule has 0 fully saturated rings. The molecule has 0 amide bonds. The first-order valence-electron chi connectivity index (χ1n) is 5.65. The number of anilines is 1. The zero-order chi connectivity index (χ0) is 12.5. The fourth-order valence-corrected chi connectivity index (χ4v) is 2.23. The van der Waals surface area contributed by atoms with Gasteiger partial charge in [-0.05, 0) is 36.9 Å². The molecule has 0 saturated carbocycles. The van der Waals surface area contributed by atoms with Gasteiger partial charge in [-0.15, -0.1) is 0 Å². The molecule has 3 N–H and O–H groups in total. The molecule has 1 aliphatic rings. The highest BCUT2D eigenvalue weighted by Gasteiger charge is 2.35. The van der Waals surface area contributed by atoms with E-state index in [-0.39, 0.29) is 11.6 Å². The lowest BCUT2D eigenvalue weighted by Gasteiger charge is -2.16. The predicted octanol–water partition coefficient (Wildman–Crippen LogP) is 2.64. The quantitative estimate of drug-likeness (QED) is 0.797. The molecule has 1 aromatic carbocycles. The van der Waals surface area contributed by atoms with Gasteiger partial charge in [0.15, 0.2) is 0 Å². The maximum absolute atomic E-state index is 12.8. The monoisotopic (exact) mass is 244 g/mol. The van der Waals surface area contributed by atoms with E-state index in [2.05, 4.69) is 5.32 Å². The van der Waals surface area contributed by atoms with E-state index in [4.69, 9.17) is 5.73 Å². The maximum atomic E-state index is 12.8. The fraction of sp³-hybridized carbons (Fsp3) is 0.500. The van der Waals surface area contributed by atoms with Gasteiger partial charge in [-0.25, -0.2) is 0 Å². The number of halogens is 3. The molecule has 0 spiro atoms. The third kappa shape index (κ3) is 2.54. The summed E-state index contributed by atoms with van der Waals surface area (Å²) < 4.78 is 38.5. The van der Waals surface area contributed by atoms with Crippen molar-refractivity contribution in [1.29, 1.82) is 0 Å². The van der Waals surface area contributed by atoms with Gasteiger partial charge in [0, 0.05) is 12.2 Å². The topological polar surface area (TPSA) is 38.0 Å². The lowest BCUT2D eigenvalue weighted by molar-refractivity contribution is -0.137. The standard InChI is InChI=1S/C12H15F3N2/c13-12(14,15)10-3-1-2-9-6-8(7-16)4-5-17-11(9)10/h1-3,8,17H,4-7,16H2. The molecule has 0 saturated heterocycles. The van der Waals surface area contributed by atoms with Crippen LogP contribution in [0.4, 0.5) is 18.9 Å². The highest BCUT2D eigenvalue weighted by Crippen LogP contribution is 2.38. The van der Waals surface area contributed by atoms with E-state index < -0.39 is 11.7 Å². The average Bonchev–Trinajstić information content (AvgIpc) is 2.48. The van der Waals surface area contributed by atoms with Gasteiger partial charge < -0.3 is 11.1 Å². The summed E-state index contributed by atoms with van der Waals surface area (Å²) in [6.07, 6.45) is -2.88. The predicted molar refractivity (Wildman–Crippen MR) is 60.8 cm³/mol.